The number of aliphatic hydroxyl groups is 1. The van der Waals surface area contributed by atoms with Crippen molar-refractivity contribution in [3.63, 3.8) is 0 Å². The maximum Gasteiger partial charge on any atom is 0.137 e. The third-order valence-electron chi connectivity index (χ3n) is 3.16. The average molecular weight is 272 g/mol. The molecule has 18 heavy (non-hydrogen) atoms. The largest absolute Gasteiger partial charge is 0.495 e. The lowest BCUT2D eigenvalue weighted by Gasteiger charge is -2.34. The van der Waals surface area contributed by atoms with Gasteiger partial charge >= 0.3 is 0 Å². The number of rotatable bonds is 4. The van der Waals surface area contributed by atoms with E-state index >= 15 is 0 Å². The Morgan fingerprint density at radius 3 is 3.06 bits per heavy atom. The number of benzene rings is 1. The molecule has 2 rings (SSSR count). The molecular formula is C13H18ClNO3. The molecule has 0 aromatic heterocycles. The SMILES string of the molecule is COc1ccc(CN2CCOC[C@H]2CO)cc1Cl. The zero-order valence-corrected chi connectivity index (χ0v) is 11.2. The molecule has 0 spiro atoms. The fourth-order valence-electron chi connectivity index (χ4n) is 2.11. The molecule has 0 amide bonds. The van der Waals surface area contributed by atoms with E-state index in [-0.39, 0.29) is 12.6 Å². The highest BCUT2D eigenvalue weighted by Gasteiger charge is 2.22. The van der Waals surface area contributed by atoms with Crippen LogP contribution in [0, 0.1) is 0 Å². The number of hydrogen-bond donors (Lipinski definition) is 1. The van der Waals surface area contributed by atoms with E-state index in [0.717, 1.165) is 18.7 Å². The van der Waals surface area contributed by atoms with E-state index in [4.69, 9.17) is 21.1 Å². The predicted octanol–water partition coefficient (Wildman–Crippen LogP) is 1.54. The summed E-state index contributed by atoms with van der Waals surface area (Å²) < 4.78 is 10.5. The van der Waals surface area contributed by atoms with Crippen molar-refractivity contribution in [2.45, 2.75) is 12.6 Å². The summed E-state index contributed by atoms with van der Waals surface area (Å²) in [5.74, 6) is 0.682. The second-order valence-corrected chi connectivity index (χ2v) is 4.76. The smallest absolute Gasteiger partial charge is 0.137 e. The van der Waals surface area contributed by atoms with E-state index in [0.29, 0.717) is 24.0 Å². The van der Waals surface area contributed by atoms with Crippen molar-refractivity contribution in [1.82, 2.24) is 4.90 Å². The van der Waals surface area contributed by atoms with Crippen LogP contribution >= 0.6 is 11.6 Å². The van der Waals surface area contributed by atoms with Crippen molar-refractivity contribution in [2.24, 2.45) is 0 Å². The molecule has 1 aromatic rings. The summed E-state index contributed by atoms with van der Waals surface area (Å²) in [6.45, 7) is 3.00. The number of ether oxygens (including phenoxy) is 2. The first-order chi connectivity index (χ1) is 8.74. The Kier molecular flexibility index (Phi) is 4.83. The van der Waals surface area contributed by atoms with Crippen LogP contribution in [-0.4, -0.2) is 49.5 Å². The van der Waals surface area contributed by atoms with Crippen LogP contribution in [0.3, 0.4) is 0 Å². The molecule has 0 radical (unpaired) electrons. The molecule has 1 aliphatic rings. The molecule has 1 saturated heterocycles. The van der Waals surface area contributed by atoms with Gasteiger partial charge in [0.2, 0.25) is 0 Å². The molecule has 0 aliphatic carbocycles. The Morgan fingerprint density at radius 2 is 2.39 bits per heavy atom. The third kappa shape index (κ3) is 3.14. The van der Waals surface area contributed by atoms with Crippen LogP contribution in [0.5, 0.6) is 5.75 Å². The molecular weight excluding hydrogens is 254 g/mol. The van der Waals surface area contributed by atoms with E-state index in [1.165, 1.54) is 0 Å². The lowest BCUT2D eigenvalue weighted by atomic mass is 10.1. The molecule has 1 N–H and O–H groups in total. The molecule has 1 heterocycles. The average Bonchev–Trinajstić information content (AvgIpc) is 2.39. The van der Waals surface area contributed by atoms with Crippen molar-refractivity contribution in [3.8, 4) is 5.75 Å². The summed E-state index contributed by atoms with van der Waals surface area (Å²) in [5, 5.41) is 9.92. The van der Waals surface area contributed by atoms with E-state index in [1.54, 1.807) is 7.11 Å². The summed E-state index contributed by atoms with van der Waals surface area (Å²) in [5.41, 5.74) is 1.11. The van der Waals surface area contributed by atoms with Crippen molar-refractivity contribution in [1.29, 1.82) is 0 Å². The van der Waals surface area contributed by atoms with Crippen LogP contribution in [-0.2, 0) is 11.3 Å². The maximum atomic E-state index is 9.31. The number of nitrogens with zero attached hydrogens (tertiary/aromatic N) is 1. The topological polar surface area (TPSA) is 41.9 Å². The summed E-state index contributed by atoms with van der Waals surface area (Å²) in [7, 11) is 1.60. The molecule has 1 aliphatic heterocycles. The van der Waals surface area contributed by atoms with E-state index in [1.807, 2.05) is 18.2 Å². The Hall–Kier alpha value is -0.810. The number of methoxy groups -OCH3 is 1. The number of hydrogen-bond acceptors (Lipinski definition) is 4. The van der Waals surface area contributed by atoms with Crippen LogP contribution in [0.4, 0.5) is 0 Å². The van der Waals surface area contributed by atoms with Gasteiger partial charge in [-0.3, -0.25) is 4.90 Å². The molecule has 0 unspecified atom stereocenters. The highest BCUT2D eigenvalue weighted by atomic mass is 35.5. The Balaban J connectivity index is 2.05. The Labute approximate surface area is 112 Å². The van der Waals surface area contributed by atoms with E-state index in [9.17, 15) is 5.11 Å². The lowest BCUT2D eigenvalue weighted by molar-refractivity contribution is -0.0312. The van der Waals surface area contributed by atoms with Gasteiger partial charge < -0.3 is 14.6 Å². The lowest BCUT2D eigenvalue weighted by Crippen LogP contribution is -2.46. The third-order valence-corrected chi connectivity index (χ3v) is 3.46. The number of aliphatic hydroxyl groups excluding tert-OH is 1. The van der Waals surface area contributed by atoms with Gasteiger partial charge in [0, 0.05) is 13.1 Å². The van der Waals surface area contributed by atoms with Gasteiger partial charge in [-0.1, -0.05) is 17.7 Å². The second-order valence-electron chi connectivity index (χ2n) is 4.35. The highest BCUT2D eigenvalue weighted by molar-refractivity contribution is 6.32. The normalized spacial score (nSPS) is 20.9. The quantitative estimate of drug-likeness (QED) is 0.902. The van der Waals surface area contributed by atoms with E-state index < -0.39 is 0 Å². The molecule has 4 nitrogen and oxygen atoms in total. The van der Waals surface area contributed by atoms with Crippen LogP contribution < -0.4 is 4.74 Å². The summed E-state index contributed by atoms with van der Waals surface area (Å²) in [4.78, 5) is 2.21. The van der Waals surface area contributed by atoms with Gasteiger partial charge in [0.1, 0.15) is 5.75 Å². The maximum absolute atomic E-state index is 9.31. The first-order valence-corrected chi connectivity index (χ1v) is 6.37. The summed E-state index contributed by atoms with van der Waals surface area (Å²) in [6.07, 6.45) is 0. The van der Waals surface area contributed by atoms with Crippen molar-refractivity contribution >= 4 is 11.6 Å². The molecule has 5 heteroatoms. The first-order valence-electron chi connectivity index (χ1n) is 5.99. The highest BCUT2D eigenvalue weighted by Crippen LogP contribution is 2.26. The molecule has 1 aromatic carbocycles. The Bertz CT molecular complexity index is 400. The van der Waals surface area contributed by atoms with Gasteiger partial charge in [-0.2, -0.15) is 0 Å². The summed E-state index contributed by atoms with van der Waals surface area (Å²) in [6, 6.07) is 5.84. The van der Waals surface area contributed by atoms with Gasteiger partial charge in [-0.05, 0) is 17.7 Å². The van der Waals surface area contributed by atoms with Crippen molar-refractivity contribution in [2.75, 3.05) is 33.5 Å². The zero-order chi connectivity index (χ0) is 13.0. The van der Waals surface area contributed by atoms with Crippen LogP contribution in [0.15, 0.2) is 18.2 Å². The molecule has 1 atom stereocenters. The van der Waals surface area contributed by atoms with Gasteiger partial charge in [0.25, 0.3) is 0 Å². The molecule has 0 bridgehead atoms. The monoisotopic (exact) mass is 271 g/mol. The minimum Gasteiger partial charge on any atom is -0.495 e. The first kappa shape index (κ1) is 13.6. The molecule has 1 fully saturated rings. The Morgan fingerprint density at radius 1 is 1.56 bits per heavy atom. The number of morpholine rings is 1. The minimum absolute atomic E-state index is 0.0691. The van der Waals surface area contributed by atoms with Crippen LogP contribution in [0.25, 0.3) is 0 Å². The van der Waals surface area contributed by atoms with Gasteiger partial charge in [0.05, 0.1) is 38.0 Å². The summed E-state index contributed by atoms with van der Waals surface area (Å²) >= 11 is 6.10. The fourth-order valence-corrected chi connectivity index (χ4v) is 2.39. The fraction of sp³-hybridized carbons (Fsp3) is 0.538. The number of halogens is 1. The molecule has 0 saturated carbocycles. The van der Waals surface area contributed by atoms with Crippen LogP contribution in [0.1, 0.15) is 5.56 Å². The van der Waals surface area contributed by atoms with Crippen molar-refractivity contribution < 1.29 is 14.6 Å². The molecule has 100 valence electrons. The zero-order valence-electron chi connectivity index (χ0n) is 10.4. The second kappa shape index (κ2) is 6.38. The van der Waals surface area contributed by atoms with Crippen molar-refractivity contribution in [3.05, 3.63) is 28.8 Å². The van der Waals surface area contributed by atoms with E-state index in [2.05, 4.69) is 4.90 Å². The van der Waals surface area contributed by atoms with Gasteiger partial charge in [0.15, 0.2) is 0 Å². The van der Waals surface area contributed by atoms with Crippen LogP contribution in [0.2, 0.25) is 5.02 Å². The predicted molar refractivity (Wildman–Crippen MR) is 70.1 cm³/mol. The van der Waals surface area contributed by atoms with Gasteiger partial charge in [-0.15, -0.1) is 0 Å². The van der Waals surface area contributed by atoms with Gasteiger partial charge in [-0.25, -0.2) is 0 Å². The minimum atomic E-state index is 0.0691. The standard InChI is InChI=1S/C13H18ClNO3/c1-17-13-3-2-10(6-12(13)14)7-15-4-5-18-9-11(15)8-16/h2-3,6,11,16H,4-5,7-9H2,1H3/t11-/m1/s1.